The van der Waals surface area contributed by atoms with Gasteiger partial charge in [0.25, 0.3) is 0 Å². The fourth-order valence-corrected chi connectivity index (χ4v) is 1.80. The second-order valence-corrected chi connectivity index (χ2v) is 4.24. The van der Waals surface area contributed by atoms with Gasteiger partial charge in [0.05, 0.1) is 11.9 Å². The molecule has 90 valence electrons. The van der Waals surface area contributed by atoms with Gasteiger partial charge < -0.3 is 5.32 Å². The lowest BCUT2D eigenvalue weighted by Gasteiger charge is -2.05. The molecule has 2 rings (SSSR count). The van der Waals surface area contributed by atoms with Crippen LogP contribution < -0.4 is 5.32 Å². The van der Waals surface area contributed by atoms with E-state index in [1.54, 1.807) is 6.20 Å². The van der Waals surface area contributed by atoms with Gasteiger partial charge in [-0.1, -0.05) is 0 Å². The first-order chi connectivity index (χ1) is 8.08. The third-order valence-corrected chi connectivity index (χ3v) is 2.90. The summed E-state index contributed by atoms with van der Waals surface area (Å²) < 4.78 is 1.90. The Labute approximate surface area is 101 Å². The number of anilines is 1. The van der Waals surface area contributed by atoms with Gasteiger partial charge in [-0.15, -0.1) is 5.10 Å². The number of hydrogen-bond donors (Lipinski definition) is 1. The van der Waals surface area contributed by atoms with Crippen LogP contribution in [0.2, 0.25) is 0 Å². The summed E-state index contributed by atoms with van der Waals surface area (Å²) in [6.45, 7) is 6.81. The van der Waals surface area contributed by atoms with Crippen LogP contribution in [0.1, 0.15) is 22.5 Å². The highest BCUT2D eigenvalue weighted by molar-refractivity contribution is 5.37. The summed E-state index contributed by atoms with van der Waals surface area (Å²) in [6.07, 6.45) is 1.74. The molecule has 0 aromatic carbocycles. The zero-order valence-corrected chi connectivity index (χ0v) is 10.7. The van der Waals surface area contributed by atoms with Gasteiger partial charge in [-0.2, -0.15) is 10.2 Å². The van der Waals surface area contributed by atoms with Crippen LogP contribution in [0.15, 0.2) is 12.3 Å². The van der Waals surface area contributed by atoms with Crippen molar-refractivity contribution in [1.29, 1.82) is 0 Å². The van der Waals surface area contributed by atoms with Gasteiger partial charge >= 0.3 is 0 Å². The summed E-state index contributed by atoms with van der Waals surface area (Å²) in [7, 11) is 1.96. The summed E-state index contributed by atoms with van der Waals surface area (Å²) >= 11 is 0. The van der Waals surface area contributed by atoms with Gasteiger partial charge in [0.2, 0.25) is 0 Å². The summed E-state index contributed by atoms with van der Waals surface area (Å²) in [5, 5.41) is 15.6. The lowest BCUT2D eigenvalue weighted by Crippen LogP contribution is -2.04. The molecule has 0 unspecified atom stereocenters. The van der Waals surface area contributed by atoms with E-state index >= 15 is 0 Å². The zero-order valence-electron chi connectivity index (χ0n) is 10.7. The standard InChI is InChI=1S/C12H17N5/c1-8-5-12(15-14-6-8)13-7-11-9(2)16-17(4)10(11)3/h5-6H,7H2,1-4H3,(H,13,15). The van der Waals surface area contributed by atoms with Crippen LogP contribution in [-0.4, -0.2) is 20.0 Å². The van der Waals surface area contributed by atoms with Gasteiger partial charge in [-0.05, 0) is 32.4 Å². The Morgan fingerprint density at radius 1 is 1.29 bits per heavy atom. The number of aromatic nitrogens is 4. The van der Waals surface area contributed by atoms with E-state index in [9.17, 15) is 0 Å². The molecule has 0 spiro atoms. The fraction of sp³-hybridized carbons (Fsp3) is 0.417. The smallest absolute Gasteiger partial charge is 0.149 e. The largest absolute Gasteiger partial charge is 0.364 e. The molecule has 0 radical (unpaired) electrons. The third-order valence-electron chi connectivity index (χ3n) is 2.90. The second-order valence-electron chi connectivity index (χ2n) is 4.24. The highest BCUT2D eigenvalue weighted by atomic mass is 15.3. The lowest BCUT2D eigenvalue weighted by atomic mass is 10.2. The SMILES string of the molecule is Cc1cnnc(NCc2c(C)nn(C)c2C)c1. The number of nitrogens with zero attached hydrogens (tertiary/aromatic N) is 4. The van der Waals surface area contributed by atoms with E-state index in [-0.39, 0.29) is 0 Å². The minimum Gasteiger partial charge on any atom is -0.364 e. The monoisotopic (exact) mass is 231 g/mol. The van der Waals surface area contributed by atoms with Crippen LogP contribution >= 0.6 is 0 Å². The van der Waals surface area contributed by atoms with Crippen molar-refractivity contribution in [3.63, 3.8) is 0 Å². The van der Waals surface area contributed by atoms with E-state index in [0.717, 1.165) is 23.6 Å². The Morgan fingerprint density at radius 3 is 2.65 bits per heavy atom. The summed E-state index contributed by atoms with van der Waals surface area (Å²) in [6, 6.07) is 1.98. The van der Waals surface area contributed by atoms with Gasteiger partial charge in [-0.25, -0.2) is 0 Å². The van der Waals surface area contributed by atoms with Crippen molar-refractivity contribution in [2.24, 2.45) is 7.05 Å². The van der Waals surface area contributed by atoms with Gasteiger partial charge in [0.1, 0.15) is 5.82 Å². The van der Waals surface area contributed by atoms with Crippen molar-refractivity contribution in [2.45, 2.75) is 27.3 Å². The van der Waals surface area contributed by atoms with Crippen LogP contribution in [-0.2, 0) is 13.6 Å². The normalized spacial score (nSPS) is 10.6. The average molecular weight is 231 g/mol. The molecular weight excluding hydrogens is 214 g/mol. The predicted molar refractivity (Wildman–Crippen MR) is 66.8 cm³/mol. The molecule has 0 saturated heterocycles. The maximum Gasteiger partial charge on any atom is 0.149 e. The Hall–Kier alpha value is -1.91. The molecule has 0 aliphatic heterocycles. The minimum atomic E-state index is 0.726. The molecule has 2 heterocycles. The van der Waals surface area contributed by atoms with Crippen molar-refractivity contribution in [3.05, 3.63) is 34.8 Å². The van der Waals surface area contributed by atoms with Crippen LogP contribution in [0.4, 0.5) is 5.82 Å². The molecule has 0 fully saturated rings. The fourth-order valence-electron chi connectivity index (χ4n) is 1.80. The quantitative estimate of drug-likeness (QED) is 0.874. The number of hydrogen-bond acceptors (Lipinski definition) is 4. The average Bonchev–Trinajstić information content (AvgIpc) is 2.51. The molecule has 5 heteroatoms. The molecule has 0 bridgehead atoms. The Balaban J connectivity index is 2.12. The summed E-state index contributed by atoms with van der Waals surface area (Å²) in [5.74, 6) is 0.799. The molecular formula is C12H17N5. The van der Waals surface area contributed by atoms with Crippen LogP contribution in [0.5, 0.6) is 0 Å². The van der Waals surface area contributed by atoms with Crippen molar-refractivity contribution >= 4 is 5.82 Å². The van der Waals surface area contributed by atoms with Gasteiger partial charge in [-0.3, -0.25) is 4.68 Å². The van der Waals surface area contributed by atoms with Crippen molar-refractivity contribution in [2.75, 3.05) is 5.32 Å². The highest BCUT2D eigenvalue weighted by Gasteiger charge is 2.08. The van der Waals surface area contributed by atoms with Crippen LogP contribution in [0.25, 0.3) is 0 Å². The summed E-state index contributed by atoms with van der Waals surface area (Å²) in [4.78, 5) is 0. The molecule has 0 aliphatic rings. The van der Waals surface area contributed by atoms with Gasteiger partial charge in [0.15, 0.2) is 0 Å². The summed E-state index contributed by atoms with van der Waals surface area (Å²) in [5.41, 5.74) is 4.55. The molecule has 5 nitrogen and oxygen atoms in total. The van der Waals surface area contributed by atoms with E-state index in [1.165, 1.54) is 11.3 Å². The molecule has 2 aromatic rings. The molecule has 0 saturated carbocycles. The van der Waals surface area contributed by atoms with Crippen molar-refractivity contribution in [3.8, 4) is 0 Å². The molecule has 1 N–H and O–H groups in total. The molecule has 0 aliphatic carbocycles. The van der Waals surface area contributed by atoms with Crippen LogP contribution in [0.3, 0.4) is 0 Å². The molecule has 0 amide bonds. The maximum atomic E-state index is 4.38. The Kier molecular flexibility index (Phi) is 3.08. The van der Waals surface area contributed by atoms with Crippen LogP contribution in [0, 0.1) is 20.8 Å². The maximum absolute atomic E-state index is 4.38. The van der Waals surface area contributed by atoms with Crippen molar-refractivity contribution in [1.82, 2.24) is 20.0 Å². The molecule has 2 aromatic heterocycles. The first kappa shape index (κ1) is 11.6. The van der Waals surface area contributed by atoms with E-state index < -0.39 is 0 Å². The zero-order chi connectivity index (χ0) is 12.4. The topological polar surface area (TPSA) is 55.6 Å². The minimum absolute atomic E-state index is 0.726. The number of aryl methyl sites for hydroxylation is 3. The first-order valence-electron chi connectivity index (χ1n) is 5.60. The third kappa shape index (κ3) is 2.43. The molecule has 0 atom stereocenters. The van der Waals surface area contributed by atoms with Crippen molar-refractivity contribution < 1.29 is 0 Å². The highest BCUT2D eigenvalue weighted by Crippen LogP contribution is 2.13. The Morgan fingerprint density at radius 2 is 2.06 bits per heavy atom. The Bertz CT molecular complexity index is 530. The number of nitrogens with one attached hydrogen (secondary N) is 1. The van der Waals surface area contributed by atoms with E-state index in [0.29, 0.717) is 0 Å². The number of rotatable bonds is 3. The predicted octanol–water partition coefficient (Wildman–Crippen LogP) is 1.75. The van der Waals surface area contributed by atoms with E-state index in [1.807, 2.05) is 31.6 Å². The van der Waals surface area contributed by atoms with E-state index in [4.69, 9.17) is 0 Å². The van der Waals surface area contributed by atoms with Gasteiger partial charge in [0, 0.05) is 24.8 Å². The lowest BCUT2D eigenvalue weighted by molar-refractivity contribution is 0.730. The second kappa shape index (κ2) is 4.53. The first-order valence-corrected chi connectivity index (χ1v) is 5.60. The molecule has 17 heavy (non-hydrogen) atoms. The van der Waals surface area contributed by atoms with E-state index in [2.05, 4.69) is 27.5 Å².